The first-order valence-corrected chi connectivity index (χ1v) is 6.01. The monoisotopic (exact) mass is 266 g/mol. The SMILES string of the molecule is COCCCCNC(=O)Nc1ccccc1C(=O)O. The van der Waals surface area contributed by atoms with Gasteiger partial charge in [-0.3, -0.25) is 0 Å². The molecular weight excluding hydrogens is 248 g/mol. The Morgan fingerprint density at radius 2 is 2.00 bits per heavy atom. The minimum absolute atomic E-state index is 0.0667. The highest BCUT2D eigenvalue weighted by Gasteiger charge is 2.10. The summed E-state index contributed by atoms with van der Waals surface area (Å²) in [7, 11) is 1.63. The van der Waals surface area contributed by atoms with Crippen LogP contribution in [0, 0.1) is 0 Å². The van der Waals surface area contributed by atoms with Gasteiger partial charge in [0.1, 0.15) is 0 Å². The second-order valence-corrected chi connectivity index (χ2v) is 3.93. The molecule has 0 spiro atoms. The molecule has 0 aliphatic rings. The van der Waals surface area contributed by atoms with E-state index >= 15 is 0 Å². The Balaban J connectivity index is 2.42. The third-order valence-electron chi connectivity index (χ3n) is 2.47. The van der Waals surface area contributed by atoms with Gasteiger partial charge in [0, 0.05) is 20.3 Å². The fourth-order valence-electron chi connectivity index (χ4n) is 1.52. The van der Waals surface area contributed by atoms with Crippen molar-refractivity contribution in [3.8, 4) is 0 Å². The van der Waals surface area contributed by atoms with Gasteiger partial charge in [-0.2, -0.15) is 0 Å². The topological polar surface area (TPSA) is 87.7 Å². The number of methoxy groups -OCH3 is 1. The Morgan fingerprint density at radius 3 is 2.68 bits per heavy atom. The fraction of sp³-hybridized carbons (Fsp3) is 0.385. The Morgan fingerprint density at radius 1 is 1.26 bits per heavy atom. The molecule has 2 amide bonds. The largest absolute Gasteiger partial charge is 0.478 e. The number of unbranched alkanes of at least 4 members (excludes halogenated alkanes) is 1. The molecule has 1 aromatic carbocycles. The van der Waals surface area contributed by atoms with Gasteiger partial charge >= 0.3 is 12.0 Å². The molecule has 0 bridgehead atoms. The molecule has 0 aromatic heterocycles. The van der Waals surface area contributed by atoms with E-state index in [1.807, 2.05) is 0 Å². The van der Waals surface area contributed by atoms with Crippen LogP contribution in [0.2, 0.25) is 0 Å². The van der Waals surface area contributed by atoms with Crippen molar-refractivity contribution in [1.82, 2.24) is 5.32 Å². The van der Waals surface area contributed by atoms with Crippen LogP contribution in [-0.2, 0) is 4.74 Å². The molecule has 0 radical (unpaired) electrons. The maximum Gasteiger partial charge on any atom is 0.337 e. The van der Waals surface area contributed by atoms with Crippen molar-refractivity contribution in [3.05, 3.63) is 29.8 Å². The van der Waals surface area contributed by atoms with E-state index in [9.17, 15) is 9.59 Å². The molecule has 1 aromatic rings. The summed E-state index contributed by atoms with van der Waals surface area (Å²) in [6.45, 7) is 1.18. The molecule has 1 rings (SSSR count). The van der Waals surface area contributed by atoms with Gasteiger partial charge < -0.3 is 20.5 Å². The van der Waals surface area contributed by atoms with Crippen molar-refractivity contribution >= 4 is 17.7 Å². The molecule has 0 unspecified atom stereocenters. The van der Waals surface area contributed by atoms with E-state index < -0.39 is 12.0 Å². The van der Waals surface area contributed by atoms with E-state index in [0.717, 1.165) is 12.8 Å². The van der Waals surface area contributed by atoms with Crippen molar-refractivity contribution in [2.45, 2.75) is 12.8 Å². The number of carbonyl (C=O) groups excluding carboxylic acids is 1. The van der Waals surface area contributed by atoms with Crippen LogP contribution in [0.3, 0.4) is 0 Å². The van der Waals surface area contributed by atoms with E-state index in [1.54, 1.807) is 25.3 Å². The smallest absolute Gasteiger partial charge is 0.337 e. The number of para-hydroxylation sites is 1. The molecule has 0 aliphatic heterocycles. The lowest BCUT2D eigenvalue weighted by Crippen LogP contribution is -2.30. The van der Waals surface area contributed by atoms with E-state index in [2.05, 4.69) is 10.6 Å². The normalized spacial score (nSPS) is 9.95. The zero-order chi connectivity index (χ0) is 14.1. The highest BCUT2D eigenvalue weighted by Crippen LogP contribution is 2.14. The second kappa shape index (κ2) is 8.10. The lowest BCUT2D eigenvalue weighted by atomic mass is 10.2. The first kappa shape index (κ1) is 15.0. The number of carboxylic acid groups (broad SMARTS) is 1. The maximum absolute atomic E-state index is 11.6. The lowest BCUT2D eigenvalue weighted by Gasteiger charge is -2.09. The van der Waals surface area contributed by atoms with Gasteiger partial charge in [0.15, 0.2) is 0 Å². The molecule has 3 N–H and O–H groups in total. The summed E-state index contributed by atoms with van der Waals surface area (Å²) in [5.74, 6) is -1.07. The molecule has 0 fully saturated rings. The van der Waals surface area contributed by atoms with E-state index in [0.29, 0.717) is 13.2 Å². The Labute approximate surface area is 111 Å². The summed E-state index contributed by atoms with van der Waals surface area (Å²) in [6.07, 6.45) is 1.67. The summed E-state index contributed by atoms with van der Waals surface area (Å²) in [5, 5.41) is 14.1. The van der Waals surface area contributed by atoms with Gasteiger partial charge in [-0.1, -0.05) is 12.1 Å². The summed E-state index contributed by atoms with van der Waals surface area (Å²) in [5.41, 5.74) is 0.349. The van der Waals surface area contributed by atoms with Gasteiger partial charge in [0.05, 0.1) is 11.3 Å². The molecule has 6 heteroatoms. The van der Waals surface area contributed by atoms with Crippen molar-refractivity contribution in [3.63, 3.8) is 0 Å². The van der Waals surface area contributed by atoms with E-state index in [4.69, 9.17) is 9.84 Å². The molecule has 0 heterocycles. The van der Waals surface area contributed by atoms with E-state index in [1.165, 1.54) is 6.07 Å². The van der Waals surface area contributed by atoms with E-state index in [-0.39, 0.29) is 11.3 Å². The number of aromatic carboxylic acids is 1. The van der Waals surface area contributed by atoms with Gasteiger partial charge in [-0.05, 0) is 25.0 Å². The van der Waals surface area contributed by atoms with Crippen LogP contribution < -0.4 is 10.6 Å². The van der Waals surface area contributed by atoms with Gasteiger partial charge in [0.2, 0.25) is 0 Å². The zero-order valence-electron chi connectivity index (χ0n) is 10.8. The number of anilines is 1. The number of carbonyl (C=O) groups is 2. The molecule has 104 valence electrons. The minimum Gasteiger partial charge on any atom is -0.478 e. The van der Waals surface area contributed by atoms with Gasteiger partial charge in [0.25, 0.3) is 0 Å². The number of rotatable bonds is 7. The number of benzene rings is 1. The lowest BCUT2D eigenvalue weighted by molar-refractivity contribution is 0.0698. The molecule has 0 saturated carbocycles. The first-order chi connectivity index (χ1) is 9.15. The van der Waals surface area contributed by atoms with Crippen molar-refractivity contribution in [2.75, 3.05) is 25.6 Å². The third-order valence-corrected chi connectivity index (χ3v) is 2.47. The Hall–Kier alpha value is -2.08. The summed E-state index contributed by atoms with van der Waals surface area (Å²) >= 11 is 0. The van der Waals surface area contributed by atoms with Crippen molar-refractivity contribution in [1.29, 1.82) is 0 Å². The second-order valence-electron chi connectivity index (χ2n) is 3.93. The number of nitrogens with one attached hydrogen (secondary N) is 2. The highest BCUT2D eigenvalue weighted by molar-refractivity contribution is 5.99. The average Bonchev–Trinajstić information content (AvgIpc) is 2.39. The Kier molecular flexibility index (Phi) is 6.38. The van der Waals surface area contributed by atoms with Crippen LogP contribution in [0.4, 0.5) is 10.5 Å². The number of ether oxygens (including phenoxy) is 1. The minimum atomic E-state index is -1.07. The van der Waals surface area contributed by atoms with Gasteiger partial charge in [-0.25, -0.2) is 9.59 Å². The summed E-state index contributed by atoms with van der Waals surface area (Å²) in [4.78, 5) is 22.5. The Bertz CT molecular complexity index is 434. The van der Waals surface area contributed by atoms with Crippen LogP contribution in [-0.4, -0.2) is 37.4 Å². The predicted molar refractivity (Wildman–Crippen MR) is 71.5 cm³/mol. The molecule has 0 atom stereocenters. The van der Waals surface area contributed by atoms with Crippen molar-refractivity contribution in [2.24, 2.45) is 0 Å². The van der Waals surface area contributed by atoms with Gasteiger partial charge in [-0.15, -0.1) is 0 Å². The predicted octanol–water partition coefficient (Wildman–Crippen LogP) is 1.93. The molecule has 19 heavy (non-hydrogen) atoms. The molecule has 0 saturated heterocycles. The molecule has 0 aliphatic carbocycles. The summed E-state index contributed by atoms with van der Waals surface area (Å²) in [6, 6.07) is 5.86. The number of amides is 2. The van der Waals surface area contributed by atoms with Crippen LogP contribution in [0.5, 0.6) is 0 Å². The molecular formula is C13H18N2O4. The van der Waals surface area contributed by atoms with Crippen molar-refractivity contribution < 1.29 is 19.4 Å². The highest BCUT2D eigenvalue weighted by atomic mass is 16.5. The van der Waals surface area contributed by atoms with Crippen LogP contribution in [0.1, 0.15) is 23.2 Å². The zero-order valence-corrected chi connectivity index (χ0v) is 10.8. The average molecular weight is 266 g/mol. The first-order valence-electron chi connectivity index (χ1n) is 6.01. The number of hydrogen-bond donors (Lipinski definition) is 3. The third kappa shape index (κ3) is 5.39. The molecule has 6 nitrogen and oxygen atoms in total. The number of carboxylic acids is 1. The summed E-state index contributed by atoms with van der Waals surface area (Å²) < 4.78 is 4.89. The quantitative estimate of drug-likeness (QED) is 0.658. The number of urea groups is 1. The van der Waals surface area contributed by atoms with Crippen LogP contribution in [0.25, 0.3) is 0 Å². The van der Waals surface area contributed by atoms with Crippen LogP contribution in [0.15, 0.2) is 24.3 Å². The fourth-order valence-corrected chi connectivity index (χ4v) is 1.52. The maximum atomic E-state index is 11.6. The van der Waals surface area contributed by atoms with Crippen LogP contribution >= 0.6 is 0 Å². The standard InChI is InChI=1S/C13H18N2O4/c1-19-9-5-4-8-14-13(18)15-11-7-3-2-6-10(11)12(16)17/h2-3,6-7H,4-5,8-9H2,1H3,(H,16,17)(H2,14,15,18). The number of hydrogen-bond acceptors (Lipinski definition) is 3.